The Kier molecular flexibility index (Phi) is 4.41. The number of hydrogen-bond acceptors (Lipinski definition) is 5. The predicted molar refractivity (Wildman–Crippen MR) is 94.9 cm³/mol. The number of phenolic OH excluding ortho intramolecular Hbond substituents is 1. The zero-order chi connectivity index (χ0) is 20.1. The Morgan fingerprint density at radius 2 is 1.93 bits per heavy atom. The first-order chi connectivity index (χ1) is 13.2. The lowest BCUT2D eigenvalue weighted by Gasteiger charge is -2.11. The van der Waals surface area contributed by atoms with Crippen molar-refractivity contribution in [1.82, 2.24) is 14.5 Å². The molecule has 2 aromatic heterocycles. The smallest absolute Gasteiger partial charge is 0.416 e. The summed E-state index contributed by atoms with van der Waals surface area (Å²) in [5.74, 6) is 0.153. The molecule has 2 heterocycles. The molecule has 0 spiro atoms. The molecule has 3 aromatic rings. The number of halogens is 3. The number of aryl methyl sites for hydroxylation is 1. The van der Waals surface area contributed by atoms with E-state index in [0.717, 1.165) is 12.5 Å². The number of benzene rings is 1. The number of fused-ring (bicyclic) bond motifs is 1. The second-order valence-corrected chi connectivity index (χ2v) is 6.92. The van der Waals surface area contributed by atoms with E-state index in [0.29, 0.717) is 41.8 Å². The van der Waals surface area contributed by atoms with Gasteiger partial charge in [-0.25, -0.2) is 4.98 Å². The first kappa shape index (κ1) is 18.5. The molecule has 1 aliphatic carbocycles. The Balaban J connectivity index is 1.68. The molecule has 4 rings (SSSR count). The number of hydrogen-bond donors (Lipinski definition) is 2. The summed E-state index contributed by atoms with van der Waals surface area (Å²) in [6, 6.07) is 6.21. The third-order valence-electron chi connectivity index (χ3n) is 4.93. The third kappa shape index (κ3) is 3.37. The summed E-state index contributed by atoms with van der Waals surface area (Å²) in [5.41, 5.74) is 0.246. The van der Waals surface area contributed by atoms with Crippen LogP contribution in [0.2, 0.25) is 0 Å². The molecule has 1 saturated carbocycles. The first-order valence-corrected chi connectivity index (χ1v) is 8.81. The molecule has 2 unspecified atom stereocenters. The predicted octanol–water partition coefficient (Wildman–Crippen LogP) is 3.65. The average molecular weight is 393 g/mol. The van der Waals surface area contributed by atoms with Crippen molar-refractivity contribution >= 4 is 11.2 Å². The van der Waals surface area contributed by atoms with Gasteiger partial charge in [-0.15, -0.1) is 0 Å². The van der Waals surface area contributed by atoms with E-state index in [2.05, 4.69) is 9.97 Å². The molecule has 28 heavy (non-hydrogen) atoms. The Bertz CT molecular complexity index is 1030. The number of pyridine rings is 1. The van der Waals surface area contributed by atoms with Gasteiger partial charge in [0, 0.05) is 19.5 Å². The van der Waals surface area contributed by atoms with Crippen LogP contribution in [0, 0.1) is 0 Å². The maximum absolute atomic E-state index is 12.8. The van der Waals surface area contributed by atoms with E-state index < -0.39 is 17.5 Å². The summed E-state index contributed by atoms with van der Waals surface area (Å²) in [6.45, 7) is 0. The molecule has 0 bridgehead atoms. The summed E-state index contributed by atoms with van der Waals surface area (Å²) in [7, 11) is 1.69. The topological polar surface area (TPSA) is 80.4 Å². The highest BCUT2D eigenvalue weighted by atomic mass is 19.4. The second kappa shape index (κ2) is 6.66. The molecular formula is C19H18F3N3O3. The minimum Gasteiger partial charge on any atom is -0.507 e. The molecule has 1 aromatic carbocycles. The maximum atomic E-state index is 12.8. The molecular weight excluding hydrogens is 375 g/mol. The second-order valence-electron chi connectivity index (χ2n) is 6.92. The Morgan fingerprint density at radius 1 is 1.14 bits per heavy atom. The molecule has 0 amide bonds. The van der Waals surface area contributed by atoms with E-state index >= 15 is 0 Å². The molecule has 6 nitrogen and oxygen atoms in total. The van der Waals surface area contributed by atoms with E-state index in [1.165, 1.54) is 6.07 Å². The zero-order valence-electron chi connectivity index (χ0n) is 14.9. The molecule has 1 fully saturated rings. The van der Waals surface area contributed by atoms with Crippen molar-refractivity contribution in [3.05, 3.63) is 35.9 Å². The van der Waals surface area contributed by atoms with Crippen molar-refractivity contribution in [3.8, 4) is 23.0 Å². The number of aromatic hydroxyl groups is 1. The van der Waals surface area contributed by atoms with Gasteiger partial charge in [0.25, 0.3) is 0 Å². The Labute approximate surface area is 158 Å². The van der Waals surface area contributed by atoms with Gasteiger partial charge in [-0.3, -0.25) is 0 Å². The standard InChI is InChI=1S/C19H18F3N3O3/c1-25-14-6-7-16(28-12-4-3-11(26)9-12)23-17(14)24-18(25)13-5-2-10(8-15(13)27)19(20,21)22/h2,5-8,11-12,26-27H,3-4,9H2,1H3. The van der Waals surface area contributed by atoms with E-state index in [9.17, 15) is 23.4 Å². The fraction of sp³-hybridized carbons (Fsp3) is 0.368. The van der Waals surface area contributed by atoms with Crippen LogP contribution in [0.3, 0.4) is 0 Å². The summed E-state index contributed by atoms with van der Waals surface area (Å²) in [6.07, 6.45) is -3.03. The summed E-state index contributed by atoms with van der Waals surface area (Å²) in [4.78, 5) is 8.73. The number of rotatable bonds is 3. The minimum atomic E-state index is -4.54. The van der Waals surface area contributed by atoms with Crippen molar-refractivity contribution in [2.45, 2.75) is 37.6 Å². The van der Waals surface area contributed by atoms with Crippen LogP contribution >= 0.6 is 0 Å². The summed E-state index contributed by atoms with van der Waals surface area (Å²) < 4.78 is 45.9. The highest BCUT2D eigenvalue weighted by molar-refractivity contribution is 5.79. The van der Waals surface area contributed by atoms with Crippen LogP contribution in [0.15, 0.2) is 30.3 Å². The number of aromatic nitrogens is 3. The van der Waals surface area contributed by atoms with Gasteiger partial charge in [0.1, 0.15) is 17.7 Å². The van der Waals surface area contributed by atoms with Crippen LogP contribution in [0.25, 0.3) is 22.6 Å². The van der Waals surface area contributed by atoms with E-state index in [-0.39, 0.29) is 17.8 Å². The number of phenols is 1. The van der Waals surface area contributed by atoms with Crippen molar-refractivity contribution in [2.24, 2.45) is 7.05 Å². The number of nitrogens with zero attached hydrogens (tertiary/aromatic N) is 3. The largest absolute Gasteiger partial charge is 0.507 e. The summed E-state index contributed by atoms with van der Waals surface area (Å²) >= 11 is 0. The van der Waals surface area contributed by atoms with Crippen molar-refractivity contribution in [2.75, 3.05) is 0 Å². The van der Waals surface area contributed by atoms with Crippen LogP contribution in [0.1, 0.15) is 24.8 Å². The van der Waals surface area contributed by atoms with E-state index in [1.807, 2.05) is 0 Å². The van der Waals surface area contributed by atoms with E-state index in [1.54, 1.807) is 23.7 Å². The van der Waals surface area contributed by atoms with E-state index in [4.69, 9.17) is 4.74 Å². The van der Waals surface area contributed by atoms with Crippen molar-refractivity contribution in [3.63, 3.8) is 0 Å². The Morgan fingerprint density at radius 3 is 2.57 bits per heavy atom. The van der Waals surface area contributed by atoms with Gasteiger partial charge in [-0.1, -0.05) is 0 Å². The minimum absolute atomic E-state index is 0.109. The molecule has 0 saturated heterocycles. The van der Waals surface area contributed by atoms with Crippen LogP contribution < -0.4 is 4.74 Å². The molecule has 0 aliphatic heterocycles. The number of imidazole rings is 1. The number of ether oxygens (including phenoxy) is 1. The summed E-state index contributed by atoms with van der Waals surface area (Å²) in [5, 5.41) is 19.7. The molecule has 1 aliphatic rings. The SMILES string of the molecule is Cn1c(-c2ccc(C(F)(F)F)cc2O)nc2nc(OC3CCC(O)C3)ccc21. The average Bonchev–Trinajstić information content (AvgIpc) is 3.17. The molecule has 2 N–H and O–H groups in total. The van der Waals surface area contributed by atoms with Crippen LogP contribution in [0.4, 0.5) is 13.2 Å². The van der Waals surface area contributed by atoms with Gasteiger partial charge in [-0.2, -0.15) is 18.2 Å². The van der Waals surface area contributed by atoms with Crippen molar-refractivity contribution < 1.29 is 28.1 Å². The molecule has 9 heteroatoms. The van der Waals surface area contributed by atoms with Gasteiger partial charge >= 0.3 is 6.18 Å². The van der Waals surface area contributed by atoms with Gasteiger partial charge in [-0.05, 0) is 37.1 Å². The maximum Gasteiger partial charge on any atom is 0.416 e. The monoisotopic (exact) mass is 393 g/mol. The molecule has 0 radical (unpaired) electrons. The fourth-order valence-electron chi connectivity index (χ4n) is 3.46. The highest BCUT2D eigenvalue weighted by Gasteiger charge is 2.31. The van der Waals surface area contributed by atoms with Crippen LogP contribution in [-0.2, 0) is 13.2 Å². The number of aliphatic hydroxyl groups excluding tert-OH is 1. The van der Waals surface area contributed by atoms with Gasteiger partial charge in [0.15, 0.2) is 5.65 Å². The van der Waals surface area contributed by atoms with Gasteiger partial charge in [0.2, 0.25) is 5.88 Å². The number of aliphatic hydroxyl groups is 1. The lowest BCUT2D eigenvalue weighted by molar-refractivity contribution is -0.137. The first-order valence-electron chi connectivity index (χ1n) is 8.81. The normalized spacial score (nSPS) is 20.0. The lowest BCUT2D eigenvalue weighted by atomic mass is 10.1. The molecule has 2 atom stereocenters. The highest BCUT2D eigenvalue weighted by Crippen LogP contribution is 2.37. The van der Waals surface area contributed by atoms with Crippen molar-refractivity contribution in [1.29, 1.82) is 0 Å². The molecule has 148 valence electrons. The number of alkyl halides is 3. The quantitative estimate of drug-likeness (QED) is 0.710. The van der Waals surface area contributed by atoms with Gasteiger partial charge in [0.05, 0.1) is 22.7 Å². The van der Waals surface area contributed by atoms with Gasteiger partial charge < -0.3 is 19.5 Å². The third-order valence-corrected chi connectivity index (χ3v) is 4.93. The fourth-order valence-corrected chi connectivity index (χ4v) is 3.46. The zero-order valence-corrected chi connectivity index (χ0v) is 14.9. The van der Waals surface area contributed by atoms with Crippen LogP contribution in [-0.4, -0.2) is 37.0 Å². The lowest BCUT2D eigenvalue weighted by Crippen LogP contribution is -2.14. The Hall–Kier alpha value is -2.81. The van der Waals surface area contributed by atoms with Crippen LogP contribution in [0.5, 0.6) is 11.6 Å².